The third-order valence-electron chi connectivity index (χ3n) is 11.9. The van der Waals surface area contributed by atoms with Crippen molar-refractivity contribution in [2.75, 3.05) is 27.3 Å². The maximum absolute atomic E-state index is 13.7. The molecule has 0 saturated carbocycles. The van der Waals surface area contributed by atoms with E-state index in [0.29, 0.717) is 24.7 Å². The van der Waals surface area contributed by atoms with Crippen LogP contribution in [0.15, 0.2) is 103 Å². The van der Waals surface area contributed by atoms with Crippen LogP contribution in [0.25, 0.3) is 50.7 Å². The second-order valence-corrected chi connectivity index (χ2v) is 17.0. The van der Waals surface area contributed by atoms with Crippen molar-refractivity contribution in [2.24, 2.45) is 11.8 Å². The molecule has 65 heavy (non-hydrogen) atoms. The van der Waals surface area contributed by atoms with Gasteiger partial charge in [0, 0.05) is 18.8 Å². The van der Waals surface area contributed by atoms with Crippen LogP contribution in [-0.2, 0) is 25.6 Å². The highest BCUT2D eigenvalue weighted by molar-refractivity contribution is 5.87. The van der Waals surface area contributed by atoms with Crippen molar-refractivity contribution in [2.45, 2.75) is 78.6 Å². The first kappa shape index (κ1) is 45.9. The highest BCUT2D eigenvalue weighted by Gasteiger charge is 2.37. The molecule has 1 aliphatic rings. The highest BCUT2D eigenvalue weighted by Crippen LogP contribution is 2.36. The van der Waals surface area contributed by atoms with E-state index in [0.717, 1.165) is 70.0 Å². The largest absolute Gasteiger partial charge is 0.453 e. The molecular weight excluding hydrogens is 823 g/mol. The SMILES string of the molecule is CCCN(Cc1ncc(-c2ccc(-c3ccc(-c4ccc(-c5cnc(C6CCCN6C(=O)C(NC(=O)OC)C(C)C)[nH]5)cc4)n3-c3ccccc3)cc2)[nH]1)C(=O)C(NC(=O)OC)C(C)C. The molecule has 15 heteroatoms. The fourth-order valence-electron chi connectivity index (χ4n) is 8.43. The summed E-state index contributed by atoms with van der Waals surface area (Å²) in [6.07, 6.45) is 4.68. The summed E-state index contributed by atoms with van der Waals surface area (Å²) in [6.45, 7) is 11.0. The van der Waals surface area contributed by atoms with Gasteiger partial charge in [-0.1, -0.05) is 101 Å². The lowest BCUT2D eigenvalue weighted by Gasteiger charge is -2.30. The lowest BCUT2D eigenvalue weighted by Crippen LogP contribution is -2.51. The summed E-state index contributed by atoms with van der Waals surface area (Å²) in [5.41, 5.74) is 8.73. The van der Waals surface area contributed by atoms with E-state index in [1.165, 1.54) is 14.2 Å². The van der Waals surface area contributed by atoms with Crippen LogP contribution in [0.4, 0.5) is 9.59 Å². The third kappa shape index (κ3) is 10.3. The monoisotopic (exact) mass is 881 g/mol. The number of aromatic nitrogens is 5. The van der Waals surface area contributed by atoms with Crippen molar-refractivity contribution in [3.05, 3.63) is 115 Å². The van der Waals surface area contributed by atoms with Crippen LogP contribution in [-0.4, -0.2) is 97.7 Å². The van der Waals surface area contributed by atoms with Gasteiger partial charge in [0.15, 0.2) is 0 Å². The highest BCUT2D eigenvalue weighted by atomic mass is 16.5. The number of alkyl carbamates (subject to hydrolysis) is 2. The van der Waals surface area contributed by atoms with Crippen LogP contribution in [0.2, 0.25) is 0 Å². The molecule has 340 valence electrons. The molecule has 1 aliphatic heterocycles. The van der Waals surface area contributed by atoms with E-state index in [2.05, 4.69) is 103 Å². The Bertz CT molecular complexity index is 2560. The normalized spacial score (nSPS) is 14.6. The fourth-order valence-corrected chi connectivity index (χ4v) is 8.43. The standard InChI is InChI=1S/C50H59N9O6/c1-8-26-57(47(60)44(31(2)3)55-49(62)64-6)30-43-51-28-38(53-43)33-16-20-35(21-17-33)40-24-25-41(59(40)37-13-10-9-11-14-37)36-22-18-34(19-23-36)39-29-52-46(54-39)42-15-12-27-58(42)48(61)45(32(4)5)56-50(63)65-7/h9-11,13-14,16-25,28-29,31-32,42,44-45H,8,12,15,26-27,30H2,1-7H3,(H,51,53)(H,52,54)(H,55,62)(H,56,63). The average Bonchev–Trinajstić information content (AvgIpc) is 4.17. The Morgan fingerprint density at radius 1 is 0.723 bits per heavy atom. The number of amides is 4. The number of para-hydroxylation sites is 1. The molecule has 4 N–H and O–H groups in total. The summed E-state index contributed by atoms with van der Waals surface area (Å²) >= 11 is 0. The second kappa shape index (κ2) is 20.6. The third-order valence-corrected chi connectivity index (χ3v) is 11.9. The first-order valence-corrected chi connectivity index (χ1v) is 22.3. The Morgan fingerprint density at radius 2 is 1.26 bits per heavy atom. The molecule has 15 nitrogen and oxygen atoms in total. The van der Waals surface area contributed by atoms with E-state index in [9.17, 15) is 19.2 Å². The molecule has 1 fully saturated rings. The van der Waals surface area contributed by atoms with Crippen molar-refractivity contribution in [3.63, 3.8) is 0 Å². The smallest absolute Gasteiger partial charge is 0.407 e. The van der Waals surface area contributed by atoms with Crippen LogP contribution in [0.1, 0.15) is 71.6 Å². The number of benzene rings is 3. The van der Waals surface area contributed by atoms with Gasteiger partial charge in [-0.3, -0.25) is 9.59 Å². The minimum Gasteiger partial charge on any atom is -0.453 e. The molecule has 6 aromatic rings. The number of hydrogen-bond acceptors (Lipinski definition) is 8. The van der Waals surface area contributed by atoms with Crippen LogP contribution >= 0.6 is 0 Å². The zero-order valence-corrected chi connectivity index (χ0v) is 38.1. The average molecular weight is 882 g/mol. The van der Waals surface area contributed by atoms with Crippen LogP contribution < -0.4 is 10.6 Å². The van der Waals surface area contributed by atoms with Crippen LogP contribution in [0, 0.1) is 11.8 Å². The minimum atomic E-state index is -0.722. The van der Waals surface area contributed by atoms with E-state index >= 15 is 0 Å². The Balaban J connectivity index is 1.09. The van der Waals surface area contributed by atoms with Gasteiger partial charge in [-0.05, 0) is 77.6 Å². The zero-order chi connectivity index (χ0) is 46.2. The van der Waals surface area contributed by atoms with Gasteiger partial charge in [0.25, 0.3) is 0 Å². The zero-order valence-electron chi connectivity index (χ0n) is 38.1. The van der Waals surface area contributed by atoms with E-state index in [1.54, 1.807) is 11.1 Å². The van der Waals surface area contributed by atoms with Gasteiger partial charge in [0.05, 0.1) is 62.0 Å². The molecular formula is C50H59N9O6. The number of rotatable bonds is 16. The number of ether oxygens (including phenoxy) is 2. The van der Waals surface area contributed by atoms with Crippen molar-refractivity contribution in [1.82, 2.24) is 44.9 Å². The van der Waals surface area contributed by atoms with Crippen molar-refractivity contribution in [3.8, 4) is 50.7 Å². The number of likely N-dealkylation sites (tertiary alicyclic amines) is 1. The van der Waals surface area contributed by atoms with Gasteiger partial charge < -0.3 is 44.4 Å². The Morgan fingerprint density at radius 3 is 1.82 bits per heavy atom. The Hall–Kier alpha value is -7.16. The number of hydrogen-bond donors (Lipinski definition) is 4. The lowest BCUT2D eigenvalue weighted by atomic mass is 10.0. The number of carbonyl (C=O) groups is 4. The van der Waals surface area contributed by atoms with E-state index in [4.69, 9.17) is 14.5 Å². The minimum absolute atomic E-state index is 0.117. The number of imidazole rings is 2. The number of nitrogens with one attached hydrogen (secondary N) is 4. The summed E-state index contributed by atoms with van der Waals surface area (Å²) < 4.78 is 11.8. The molecule has 0 spiro atoms. The van der Waals surface area contributed by atoms with Gasteiger partial charge in [0.2, 0.25) is 11.8 Å². The summed E-state index contributed by atoms with van der Waals surface area (Å²) in [5.74, 6) is 0.781. The van der Waals surface area contributed by atoms with E-state index in [-0.39, 0.29) is 36.2 Å². The molecule has 0 bridgehead atoms. The molecule has 3 aromatic carbocycles. The van der Waals surface area contributed by atoms with Gasteiger partial charge in [-0.2, -0.15) is 0 Å². The fraction of sp³-hybridized carbons (Fsp3) is 0.360. The molecule has 3 aromatic heterocycles. The topological polar surface area (TPSA) is 180 Å². The number of H-pyrrole nitrogens is 2. The van der Waals surface area contributed by atoms with Crippen molar-refractivity contribution < 1.29 is 28.7 Å². The molecule has 4 heterocycles. The van der Waals surface area contributed by atoms with Crippen LogP contribution in [0.5, 0.6) is 0 Å². The van der Waals surface area contributed by atoms with Gasteiger partial charge in [0.1, 0.15) is 23.7 Å². The first-order chi connectivity index (χ1) is 31.4. The predicted molar refractivity (Wildman–Crippen MR) is 250 cm³/mol. The Labute approximate surface area is 380 Å². The quantitative estimate of drug-likeness (QED) is 0.0745. The molecule has 7 rings (SSSR count). The number of nitrogens with zero attached hydrogens (tertiary/aromatic N) is 5. The van der Waals surface area contributed by atoms with E-state index in [1.807, 2.05) is 63.9 Å². The first-order valence-electron chi connectivity index (χ1n) is 22.3. The number of methoxy groups -OCH3 is 2. The van der Waals surface area contributed by atoms with Gasteiger partial charge in [-0.25, -0.2) is 19.6 Å². The van der Waals surface area contributed by atoms with Gasteiger partial charge in [-0.15, -0.1) is 0 Å². The summed E-state index contributed by atoms with van der Waals surface area (Å²) in [7, 11) is 2.58. The predicted octanol–water partition coefficient (Wildman–Crippen LogP) is 8.75. The van der Waals surface area contributed by atoms with Crippen molar-refractivity contribution >= 4 is 24.0 Å². The number of aromatic amines is 2. The summed E-state index contributed by atoms with van der Waals surface area (Å²) in [6, 6.07) is 29.6. The molecule has 0 radical (unpaired) electrons. The summed E-state index contributed by atoms with van der Waals surface area (Å²) in [4.78, 5) is 71.1. The van der Waals surface area contributed by atoms with Crippen molar-refractivity contribution in [1.29, 1.82) is 0 Å². The molecule has 1 saturated heterocycles. The van der Waals surface area contributed by atoms with Gasteiger partial charge >= 0.3 is 12.2 Å². The molecule has 3 atom stereocenters. The maximum atomic E-state index is 13.7. The van der Waals surface area contributed by atoms with Crippen LogP contribution in [0.3, 0.4) is 0 Å². The lowest BCUT2D eigenvalue weighted by molar-refractivity contribution is -0.136. The summed E-state index contributed by atoms with van der Waals surface area (Å²) in [5, 5.41) is 5.40. The molecule has 3 unspecified atom stereocenters. The number of carbonyl (C=O) groups excluding carboxylic acids is 4. The van der Waals surface area contributed by atoms with E-state index < -0.39 is 24.3 Å². The maximum Gasteiger partial charge on any atom is 0.407 e. The molecule has 4 amide bonds. The second-order valence-electron chi connectivity index (χ2n) is 17.0. The molecule has 0 aliphatic carbocycles. The Kier molecular flexibility index (Phi) is 14.5.